The first kappa shape index (κ1) is 20.3. The lowest BCUT2D eigenvalue weighted by Gasteiger charge is -2.15. The summed E-state index contributed by atoms with van der Waals surface area (Å²) in [6, 6.07) is 11.5. The van der Waals surface area contributed by atoms with Gasteiger partial charge in [-0.3, -0.25) is 0 Å². The van der Waals surface area contributed by atoms with Crippen LogP contribution in [0.4, 0.5) is 0 Å². The molecule has 0 spiro atoms. The molecule has 0 atom stereocenters. The monoisotopic (exact) mass is 395 g/mol. The van der Waals surface area contributed by atoms with E-state index in [0.29, 0.717) is 29.5 Å². The van der Waals surface area contributed by atoms with Crippen molar-refractivity contribution in [2.24, 2.45) is 7.05 Å². The number of methoxy groups -OCH3 is 3. The van der Waals surface area contributed by atoms with Crippen molar-refractivity contribution < 1.29 is 23.7 Å². The van der Waals surface area contributed by atoms with Crippen molar-refractivity contribution in [1.29, 1.82) is 0 Å². The summed E-state index contributed by atoms with van der Waals surface area (Å²) in [6.07, 6.45) is 0. The van der Waals surface area contributed by atoms with Gasteiger partial charge < -0.3 is 23.5 Å². The fourth-order valence-corrected chi connectivity index (χ4v) is 3.36. The lowest BCUT2D eigenvalue weighted by molar-refractivity contribution is 0.0516. The average Bonchev–Trinajstić information content (AvgIpc) is 3.08. The van der Waals surface area contributed by atoms with Crippen molar-refractivity contribution in [3.63, 3.8) is 0 Å². The molecule has 0 saturated carbocycles. The molecule has 0 bridgehead atoms. The molecule has 0 amide bonds. The summed E-state index contributed by atoms with van der Waals surface area (Å²) in [6.45, 7) is 6.38. The van der Waals surface area contributed by atoms with Crippen LogP contribution in [0.2, 0.25) is 0 Å². The van der Waals surface area contributed by atoms with Crippen molar-refractivity contribution in [1.82, 2.24) is 4.57 Å². The molecule has 0 aliphatic carbocycles. The Morgan fingerprint density at radius 3 is 2.17 bits per heavy atom. The number of aromatic nitrogens is 1. The van der Waals surface area contributed by atoms with Gasteiger partial charge in [0.15, 0.2) is 11.5 Å². The Labute approximate surface area is 170 Å². The van der Waals surface area contributed by atoms with Gasteiger partial charge in [-0.15, -0.1) is 0 Å². The molecule has 0 unspecified atom stereocenters. The number of aryl methyl sites for hydroxylation is 1. The van der Waals surface area contributed by atoms with Gasteiger partial charge in [-0.25, -0.2) is 4.79 Å². The molecule has 152 valence electrons. The van der Waals surface area contributed by atoms with E-state index >= 15 is 0 Å². The second kappa shape index (κ2) is 8.31. The number of esters is 1. The summed E-state index contributed by atoms with van der Waals surface area (Å²) < 4.78 is 23.2. The van der Waals surface area contributed by atoms with Crippen LogP contribution < -0.4 is 14.2 Å². The highest BCUT2D eigenvalue weighted by molar-refractivity contribution is 5.97. The van der Waals surface area contributed by atoms with Crippen molar-refractivity contribution in [2.75, 3.05) is 27.9 Å². The minimum Gasteiger partial charge on any atom is -0.493 e. The number of benzene rings is 2. The third-order valence-electron chi connectivity index (χ3n) is 4.89. The average molecular weight is 395 g/mol. The molecule has 0 saturated heterocycles. The molecule has 6 nitrogen and oxygen atoms in total. The number of fused-ring (bicyclic) bond motifs is 1. The van der Waals surface area contributed by atoms with E-state index in [4.69, 9.17) is 18.9 Å². The number of rotatable bonds is 7. The fraction of sp³-hybridized carbons (Fsp3) is 0.261. The molecule has 0 N–H and O–H groups in total. The molecule has 2 aromatic carbocycles. The fourth-order valence-electron chi connectivity index (χ4n) is 3.36. The zero-order chi connectivity index (χ0) is 21.1. The molecule has 0 fully saturated rings. The van der Waals surface area contributed by atoms with Gasteiger partial charge in [0.2, 0.25) is 5.75 Å². The first-order valence-corrected chi connectivity index (χ1v) is 9.21. The smallest absolute Gasteiger partial charge is 0.354 e. The molecule has 29 heavy (non-hydrogen) atoms. The highest BCUT2D eigenvalue weighted by Crippen LogP contribution is 2.41. The molecular formula is C23H25NO5. The van der Waals surface area contributed by atoms with E-state index in [1.807, 2.05) is 48.0 Å². The Kier molecular flexibility index (Phi) is 5.82. The predicted octanol–water partition coefficient (Wildman–Crippen LogP) is 4.44. The second-order valence-electron chi connectivity index (χ2n) is 6.48. The van der Waals surface area contributed by atoms with E-state index in [2.05, 4.69) is 6.58 Å². The quantitative estimate of drug-likeness (QED) is 0.554. The van der Waals surface area contributed by atoms with Crippen LogP contribution in [0.5, 0.6) is 17.2 Å². The van der Waals surface area contributed by atoms with Gasteiger partial charge in [-0.2, -0.15) is 0 Å². The van der Waals surface area contributed by atoms with Crippen molar-refractivity contribution in [2.45, 2.75) is 6.92 Å². The minimum atomic E-state index is -0.337. The van der Waals surface area contributed by atoms with Crippen LogP contribution in [0.3, 0.4) is 0 Å². The lowest BCUT2D eigenvalue weighted by Crippen LogP contribution is -2.09. The maximum atomic E-state index is 12.2. The molecule has 0 aliphatic rings. The summed E-state index contributed by atoms with van der Waals surface area (Å²) >= 11 is 0. The molecule has 3 aromatic rings. The first-order chi connectivity index (χ1) is 13.9. The minimum absolute atomic E-state index is 0.337. The number of hydrogen-bond donors (Lipinski definition) is 0. The van der Waals surface area contributed by atoms with Gasteiger partial charge in [-0.05, 0) is 54.0 Å². The van der Waals surface area contributed by atoms with Gasteiger partial charge in [0, 0.05) is 18.0 Å². The maximum absolute atomic E-state index is 12.2. The van der Waals surface area contributed by atoms with Gasteiger partial charge in [0.25, 0.3) is 0 Å². The Hall–Kier alpha value is -3.41. The van der Waals surface area contributed by atoms with Gasteiger partial charge in [0.05, 0.1) is 27.9 Å². The molecule has 1 aromatic heterocycles. The second-order valence-corrected chi connectivity index (χ2v) is 6.48. The number of nitrogens with zero attached hydrogens (tertiary/aromatic N) is 1. The van der Waals surface area contributed by atoms with Crippen molar-refractivity contribution in [3.8, 4) is 17.2 Å². The Morgan fingerprint density at radius 1 is 0.966 bits per heavy atom. The summed E-state index contributed by atoms with van der Waals surface area (Å²) in [7, 11) is 6.58. The third-order valence-corrected chi connectivity index (χ3v) is 4.89. The van der Waals surface area contributed by atoms with Crippen LogP contribution in [0.1, 0.15) is 28.5 Å². The number of carbonyl (C=O) groups is 1. The third kappa shape index (κ3) is 3.66. The molecule has 3 rings (SSSR count). The van der Waals surface area contributed by atoms with E-state index < -0.39 is 0 Å². The summed E-state index contributed by atoms with van der Waals surface area (Å²) in [5, 5.41) is 0.932. The number of hydrogen-bond acceptors (Lipinski definition) is 5. The van der Waals surface area contributed by atoms with E-state index in [1.165, 1.54) is 0 Å². The predicted molar refractivity (Wildman–Crippen MR) is 113 cm³/mol. The van der Waals surface area contributed by atoms with Crippen LogP contribution >= 0.6 is 0 Å². The normalized spacial score (nSPS) is 10.7. The highest BCUT2D eigenvalue weighted by atomic mass is 16.5. The van der Waals surface area contributed by atoms with Gasteiger partial charge in [0.1, 0.15) is 5.69 Å². The number of ether oxygens (including phenoxy) is 4. The van der Waals surface area contributed by atoms with Gasteiger partial charge in [-0.1, -0.05) is 12.6 Å². The van der Waals surface area contributed by atoms with Crippen molar-refractivity contribution >= 4 is 22.4 Å². The maximum Gasteiger partial charge on any atom is 0.354 e. The molecular weight excluding hydrogens is 370 g/mol. The van der Waals surface area contributed by atoms with Crippen LogP contribution in [-0.2, 0) is 11.8 Å². The highest BCUT2D eigenvalue weighted by Gasteiger charge is 2.17. The summed E-state index contributed by atoms with van der Waals surface area (Å²) in [5.41, 5.74) is 4.02. The Balaban J connectivity index is 2.05. The van der Waals surface area contributed by atoms with Crippen LogP contribution in [0.15, 0.2) is 43.0 Å². The Morgan fingerprint density at radius 2 is 1.62 bits per heavy atom. The van der Waals surface area contributed by atoms with Gasteiger partial charge >= 0.3 is 5.97 Å². The zero-order valence-electron chi connectivity index (χ0n) is 17.4. The summed E-state index contributed by atoms with van der Waals surface area (Å²) in [5.74, 6) is 1.32. The molecule has 0 aliphatic heterocycles. The van der Waals surface area contributed by atoms with Crippen LogP contribution in [0, 0.1) is 0 Å². The molecule has 1 heterocycles. The van der Waals surface area contributed by atoms with Crippen molar-refractivity contribution in [3.05, 3.63) is 59.8 Å². The lowest BCUT2D eigenvalue weighted by atomic mass is 9.97. The Bertz CT molecular complexity index is 1060. The van der Waals surface area contributed by atoms with E-state index in [9.17, 15) is 4.79 Å². The van der Waals surface area contributed by atoms with Crippen LogP contribution in [-0.4, -0.2) is 38.5 Å². The SMILES string of the molecule is C=C(c1cc(OC)c(OC)c(OC)c1)c1ccc2c(c1)cc(C(=O)OCC)n2C. The summed E-state index contributed by atoms with van der Waals surface area (Å²) in [4.78, 5) is 12.2. The largest absolute Gasteiger partial charge is 0.493 e. The topological polar surface area (TPSA) is 58.9 Å². The first-order valence-electron chi connectivity index (χ1n) is 9.21. The van der Waals surface area contributed by atoms with E-state index in [1.54, 1.807) is 28.3 Å². The zero-order valence-corrected chi connectivity index (χ0v) is 17.4. The van der Waals surface area contributed by atoms with E-state index in [0.717, 1.165) is 27.6 Å². The number of carbonyl (C=O) groups excluding carboxylic acids is 1. The van der Waals surface area contributed by atoms with E-state index in [-0.39, 0.29) is 5.97 Å². The molecule has 0 radical (unpaired) electrons. The standard InChI is InChI=1S/C23H25NO5/c1-7-29-23(25)19-11-17-10-15(8-9-18(17)24(19)3)14(2)16-12-20(26-4)22(28-6)21(13-16)27-5/h8-13H,2,7H2,1,3-6H3. The molecule has 6 heteroatoms. The van der Waals surface area contributed by atoms with Crippen LogP contribution in [0.25, 0.3) is 16.5 Å².